The molecule has 0 spiro atoms. The summed E-state index contributed by atoms with van der Waals surface area (Å²) >= 11 is 0. The van der Waals surface area contributed by atoms with Crippen LogP contribution in [0.25, 0.3) is 0 Å². The fourth-order valence-electron chi connectivity index (χ4n) is 1.96. The molecule has 0 bridgehead atoms. The van der Waals surface area contributed by atoms with Crippen molar-refractivity contribution >= 4 is 0 Å². The number of aryl methyl sites for hydroxylation is 1. The topological polar surface area (TPSA) is 51.6 Å². The minimum atomic E-state index is -0.644. The predicted octanol–water partition coefficient (Wildman–Crippen LogP) is 2.68. The van der Waals surface area contributed by atoms with Gasteiger partial charge in [-0.3, -0.25) is 4.98 Å². The Balaban J connectivity index is 2.19. The van der Waals surface area contributed by atoms with Crippen LogP contribution in [-0.4, -0.2) is 24.3 Å². The van der Waals surface area contributed by atoms with E-state index in [4.69, 9.17) is 9.47 Å². The second-order valence-corrected chi connectivity index (χ2v) is 4.69. The molecule has 0 amide bonds. The summed E-state index contributed by atoms with van der Waals surface area (Å²) < 4.78 is 10.4. The first-order valence-corrected chi connectivity index (χ1v) is 6.45. The summed E-state index contributed by atoms with van der Waals surface area (Å²) in [7, 11) is 3.18. The van der Waals surface area contributed by atoms with Crippen LogP contribution in [-0.2, 0) is 6.42 Å². The summed E-state index contributed by atoms with van der Waals surface area (Å²) in [5.74, 6) is 1.32. The molecule has 1 aromatic heterocycles. The third-order valence-electron chi connectivity index (χ3n) is 3.13. The maximum Gasteiger partial charge on any atom is 0.122 e. The number of benzene rings is 1. The fourth-order valence-corrected chi connectivity index (χ4v) is 1.96. The molecule has 1 heterocycles. The van der Waals surface area contributed by atoms with Gasteiger partial charge in [0.2, 0.25) is 0 Å². The normalized spacial score (nSPS) is 12.0. The van der Waals surface area contributed by atoms with Gasteiger partial charge in [-0.2, -0.15) is 0 Å². The van der Waals surface area contributed by atoms with Crippen molar-refractivity contribution in [2.45, 2.75) is 19.4 Å². The summed E-state index contributed by atoms with van der Waals surface area (Å²) in [5.41, 5.74) is 2.71. The summed E-state index contributed by atoms with van der Waals surface area (Å²) in [4.78, 5) is 4.31. The van der Waals surface area contributed by atoms with Crippen molar-refractivity contribution < 1.29 is 14.6 Å². The second-order valence-electron chi connectivity index (χ2n) is 4.69. The lowest BCUT2D eigenvalue weighted by Crippen LogP contribution is -2.04. The Kier molecular flexibility index (Phi) is 4.58. The molecule has 0 aliphatic carbocycles. The number of nitrogens with zero attached hydrogens (tertiary/aromatic N) is 1. The fraction of sp³-hybridized carbons (Fsp3) is 0.312. The number of hydrogen-bond donors (Lipinski definition) is 1. The number of pyridine rings is 1. The van der Waals surface area contributed by atoms with Crippen molar-refractivity contribution in [3.05, 3.63) is 53.3 Å². The van der Waals surface area contributed by atoms with Crippen LogP contribution < -0.4 is 9.47 Å². The molecule has 1 unspecified atom stereocenters. The van der Waals surface area contributed by atoms with Crippen molar-refractivity contribution in [1.82, 2.24) is 4.98 Å². The highest BCUT2D eigenvalue weighted by Gasteiger charge is 2.12. The van der Waals surface area contributed by atoms with Gasteiger partial charge in [-0.15, -0.1) is 0 Å². The first kappa shape index (κ1) is 14.3. The molecule has 0 fully saturated rings. The lowest BCUT2D eigenvalue weighted by Gasteiger charge is -2.13. The van der Waals surface area contributed by atoms with Crippen LogP contribution in [0.2, 0.25) is 0 Å². The Morgan fingerprint density at radius 1 is 1.10 bits per heavy atom. The Labute approximate surface area is 119 Å². The third kappa shape index (κ3) is 3.48. The van der Waals surface area contributed by atoms with E-state index in [1.807, 2.05) is 19.1 Å². The van der Waals surface area contributed by atoms with E-state index in [1.54, 1.807) is 38.6 Å². The maximum atomic E-state index is 10.3. The molecule has 4 heteroatoms. The average molecular weight is 273 g/mol. The molecule has 0 saturated heterocycles. The molecule has 4 nitrogen and oxygen atoms in total. The van der Waals surface area contributed by atoms with E-state index < -0.39 is 6.10 Å². The molecule has 0 saturated carbocycles. The van der Waals surface area contributed by atoms with E-state index in [-0.39, 0.29) is 0 Å². The Hall–Kier alpha value is -2.07. The summed E-state index contributed by atoms with van der Waals surface area (Å²) in [6.07, 6.45) is 1.61. The first-order valence-electron chi connectivity index (χ1n) is 6.45. The van der Waals surface area contributed by atoms with E-state index in [0.29, 0.717) is 17.9 Å². The lowest BCUT2D eigenvalue weighted by atomic mass is 10.0. The summed E-state index contributed by atoms with van der Waals surface area (Å²) in [6.45, 7) is 1.99. The van der Waals surface area contributed by atoms with Crippen LogP contribution in [0.15, 0.2) is 36.5 Å². The smallest absolute Gasteiger partial charge is 0.122 e. The average Bonchev–Trinajstić information content (AvgIpc) is 2.48. The number of hydrogen-bond acceptors (Lipinski definition) is 4. The number of rotatable bonds is 5. The highest BCUT2D eigenvalue weighted by molar-refractivity contribution is 5.39. The minimum Gasteiger partial charge on any atom is -0.497 e. The van der Waals surface area contributed by atoms with Crippen molar-refractivity contribution in [3.63, 3.8) is 0 Å². The van der Waals surface area contributed by atoms with Crippen LogP contribution in [0.1, 0.15) is 22.9 Å². The molecule has 20 heavy (non-hydrogen) atoms. The van der Waals surface area contributed by atoms with Gasteiger partial charge in [-0.1, -0.05) is 6.07 Å². The molecule has 0 aliphatic rings. The molecular weight excluding hydrogens is 254 g/mol. The number of ether oxygens (including phenoxy) is 2. The van der Waals surface area contributed by atoms with Gasteiger partial charge < -0.3 is 14.6 Å². The highest BCUT2D eigenvalue weighted by Crippen LogP contribution is 2.27. The van der Waals surface area contributed by atoms with E-state index in [2.05, 4.69) is 4.98 Å². The molecule has 1 atom stereocenters. The number of aliphatic hydroxyl groups is 1. The highest BCUT2D eigenvalue weighted by atomic mass is 16.5. The van der Waals surface area contributed by atoms with E-state index >= 15 is 0 Å². The van der Waals surface area contributed by atoms with Crippen LogP contribution in [0.3, 0.4) is 0 Å². The molecule has 0 radical (unpaired) electrons. The van der Waals surface area contributed by atoms with Crippen LogP contribution in [0.5, 0.6) is 11.5 Å². The quantitative estimate of drug-likeness (QED) is 0.910. The Morgan fingerprint density at radius 2 is 1.75 bits per heavy atom. The molecule has 1 aromatic carbocycles. The van der Waals surface area contributed by atoms with Gasteiger partial charge in [0.05, 0.1) is 20.3 Å². The van der Waals surface area contributed by atoms with Crippen molar-refractivity contribution in [1.29, 1.82) is 0 Å². The molecule has 1 N–H and O–H groups in total. The van der Waals surface area contributed by atoms with Crippen molar-refractivity contribution in [2.24, 2.45) is 0 Å². The van der Waals surface area contributed by atoms with Gasteiger partial charge in [-0.05, 0) is 36.2 Å². The van der Waals surface area contributed by atoms with E-state index in [0.717, 1.165) is 16.8 Å². The van der Waals surface area contributed by atoms with Gasteiger partial charge in [0, 0.05) is 24.4 Å². The zero-order valence-corrected chi connectivity index (χ0v) is 12.0. The molecule has 0 aliphatic heterocycles. The van der Waals surface area contributed by atoms with Crippen LogP contribution in [0, 0.1) is 6.92 Å². The monoisotopic (exact) mass is 273 g/mol. The molecule has 2 rings (SSSR count). The predicted molar refractivity (Wildman–Crippen MR) is 77.2 cm³/mol. The van der Waals surface area contributed by atoms with E-state index in [1.165, 1.54) is 0 Å². The van der Waals surface area contributed by atoms with Crippen LogP contribution in [0.4, 0.5) is 0 Å². The van der Waals surface area contributed by atoms with Gasteiger partial charge in [0.25, 0.3) is 0 Å². The lowest BCUT2D eigenvalue weighted by molar-refractivity contribution is 0.176. The SMILES string of the molecule is COc1cc(OC)cc(C(O)Cc2ccc(C)cn2)c1. The summed E-state index contributed by atoms with van der Waals surface area (Å²) in [6, 6.07) is 9.31. The third-order valence-corrected chi connectivity index (χ3v) is 3.13. The van der Waals surface area contributed by atoms with Gasteiger partial charge in [0.15, 0.2) is 0 Å². The zero-order valence-electron chi connectivity index (χ0n) is 12.0. The van der Waals surface area contributed by atoms with Gasteiger partial charge in [0.1, 0.15) is 11.5 Å². The van der Waals surface area contributed by atoms with E-state index in [9.17, 15) is 5.11 Å². The Bertz CT molecular complexity index is 544. The molecule has 2 aromatic rings. The number of aliphatic hydroxyl groups excluding tert-OH is 1. The maximum absolute atomic E-state index is 10.3. The zero-order chi connectivity index (χ0) is 14.5. The number of aromatic nitrogens is 1. The Morgan fingerprint density at radius 3 is 2.25 bits per heavy atom. The molecule has 106 valence electrons. The largest absolute Gasteiger partial charge is 0.497 e. The molecular formula is C16H19NO3. The van der Waals surface area contributed by atoms with Crippen molar-refractivity contribution in [3.8, 4) is 11.5 Å². The minimum absolute atomic E-state index is 0.455. The van der Waals surface area contributed by atoms with Gasteiger partial charge >= 0.3 is 0 Å². The summed E-state index contributed by atoms with van der Waals surface area (Å²) in [5, 5.41) is 10.3. The first-order chi connectivity index (χ1) is 9.62. The number of methoxy groups -OCH3 is 2. The van der Waals surface area contributed by atoms with Crippen molar-refractivity contribution in [2.75, 3.05) is 14.2 Å². The van der Waals surface area contributed by atoms with Crippen LogP contribution >= 0.6 is 0 Å². The second kappa shape index (κ2) is 6.39. The van der Waals surface area contributed by atoms with Gasteiger partial charge in [-0.25, -0.2) is 0 Å². The standard InChI is InChI=1S/C16H19NO3/c1-11-4-5-13(17-10-11)8-16(18)12-6-14(19-2)9-15(7-12)20-3/h4-7,9-10,16,18H,8H2,1-3H3.